The Hall–Kier alpha value is -1.70. The summed E-state index contributed by atoms with van der Waals surface area (Å²) in [4.78, 5) is 12.6. The van der Waals surface area contributed by atoms with Gasteiger partial charge in [0.2, 0.25) is 5.91 Å². The summed E-state index contributed by atoms with van der Waals surface area (Å²) in [7, 11) is -3.71. The van der Waals surface area contributed by atoms with Crippen LogP contribution in [0.5, 0.6) is 0 Å². The second-order valence-electron chi connectivity index (χ2n) is 6.01. The van der Waals surface area contributed by atoms with Gasteiger partial charge in [0.15, 0.2) is 0 Å². The maximum atomic E-state index is 12.6. The van der Waals surface area contributed by atoms with E-state index >= 15 is 0 Å². The van der Waals surface area contributed by atoms with E-state index in [1.807, 2.05) is 45.9 Å². The fourth-order valence-corrected chi connectivity index (χ4v) is 4.58. The van der Waals surface area contributed by atoms with Gasteiger partial charge in [0.1, 0.15) is 10.3 Å². The molecule has 1 aromatic heterocycles. The maximum Gasteiger partial charge on any atom is 0.250 e. The van der Waals surface area contributed by atoms with Crippen LogP contribution in [-0.4, -0.2) is 20.4 Å². The predicted octanol–water partition coefficient (Wildman–Crippen LogP) is 3.31. The molecule has 1 atom stereocenters. The molecule has 0 spiro atoms. The minimum atomic E-state index is -3.71. The summed E-state index contributed by atoms with van der Waals surface area (Å²) in [5.74, 6) is -0.552. The van der Waals surface area contributed by atoms with Crippen molar-refractivity contribution in [2.75, 3.05) is 5.32 Å². The van der Waals surface area contributed by atoms with E-state index in [4.69, 9.17) is 0 Å². The highest BCUT2D eigenvalue weighted by Gasteiger charge is 2.29. The molecule has 0 unspecified atom stereocenters. The number of rotatable bonds is 6. The van der Waals surface area contributed by atoms with Crippen molar-refractivity contribution < 1.29 is 13.2 Å². The van der Waals surface area contributed by atoms with Crippen molar-refractivity contribution in [2.24, 2.45) is 5.92 Å². The van der Waals surface area contributed by atoms with Crippen LogP contribution in [0.4, 0.5) is 5.69 Å². The Balaban J connectivity index is 2.21. The van der Waals surface area contributed by atoms with Crippen LogP contribution < -0.4 is 10.0 Å². The second kappa shape index (κ2) is 7.46. The molecule has 0 aliphatic carbocycles. The predicted molar refractivity (Wildman–Crippen MR) is 97.8 cm³/mol. The van der Waals surface area contributed by atoms with E-state index < -0.39 is 16.1 Å². The van der Waals surface area contributed by atoms with Crippen LogP contribution >= 0.6 is 11.3 Å². The normalized spacial score (nSPS) is 13.0. The zero-order chi connectivity index (χ0) is 17.9. The first-order valence-electron chi connectivity index (χ1n) is 7.65. The Morgan fingerprint density at radius 1 is 1.12 bits per heavy atom. The summed E-state index contributed by atoms with van der Waals surface area (Å²) >= 11 is 1.12. The number of nitrogens with one attached hydrogen (secondary N) is 2. The van der Waals surface area contributed by atoms with Crippen LogP contribution in [0.3, 0.4) is 0 Å². The molecule has 1 heterocycles. The van der Waals surface area contributed by atoms with Crippen LogP contribution in [-0.2, 0) is 14.8 Å². The van der Waals surface area contributed by atoms with Crippen LogP contribution in [0.25, 0.3) is 0 Å². The fraction of sp³-hybridized carbons (Fsp3) is 0.353. The number of anilines is 1. The van der Waals surface area contributed by atoms with Crippen molar-refractivity contribution in [3.63, 3.8) is 0 Å². The lowest BCUT2D eigenvalue weighted by Gasteiger charge is -2.22. The van der Waals surface area contributed by atoms with Gasteiger partial charge < -0.3 is 5.32 Å². The van der Waals surface area contributed by atoms with Gasteiger partial charge in [-0.15, -0.1) is 11.3 Å². The number of thiophene rings is 1. The van der Waals surface area contributed by atoms with Crippen molar-refractivity contribution in [1.82, 2.24) is 4.72 Å². The lowest BCUT2D eigenvalue weighted by molar-refractivity contribution is -0.118. The number of carbonyl (C=O) groups is 1. The van der Waals surface area contributed by atoms with E-state index in [9.17, 15) is 13.2 Å². The summed E-state index contributed by atoms with van der Waals surface area (Å²) in [6.07, 6.45) is 0. The lowest BCUT2D eigenvalue weighted by Crippen LogP contribution is -2.46. The third-order valence-corrected chi connectivity index (χ3v) is 6.69. The number of benzene rings is 1. The lowest BCUT2D eigenvalue weighted by atomic mass is 10.0. The van der Waals surface area contributed by atoms with Crippen molar-refractivity contribution in [1.29, 1.82) is 0 Å². The van der Waals surface area contributed by atoms with Crippen molar-refractivity contribution in [3.8, 4) is 0 Å². The molecule has 2 aromatic rings. The molecule has 0 bridgehead atoms. The van der Waals surface area contributed by atoms with Gasteiger partial charge in [-0.05, 0) is 48.4 Å². The number of hydrogen-bond acceptors (Lipinski definition) is 4. The first kappa shape index (κ1) is 18.6. The molecule has 0 saturated heterocycles. The molecule has 1 aromatic carbocycles. The molecule has 2 rings (SSSR count). The van der Waals surface area contributed by atoms with Gasteiger partial charge >= 0.3 is 0 Å². The Bertz CT molecular complexity index is 812. The molecule has 0 aliphatic rings. The largest absolute Gasteiger partial charge is 0.324 e. The average molecular weight is 367 g/mol. The number of carbonyl (C=O) groups excluding carboxylic acids is 1. The first-order valence-corrected chi connectivity index (χ1v) is 10.0. The number of amides is 1. The molecule has 24 heavy (non-hydrogen) atoms. The Kier molecular flexibility index (Phi) is 5.79. The van der Waals surface area contributed by atoms with Crippen LogP contribution in [0.1, 0.15) is 25.0 Å². The Morgan fingerprint density at radius 2 is 1.83 bits per heavy atom. The topological polar surface area (TPSA) is 75.3 Å². The van der Waals surface area contributed by atoms with E-state index in [0.717, 1.165) is 22.5 Å². The molecule has 1 amide bonds. The first-order chi connectivity index (χ1) is 11.2. The summed E-state index contributed by atoms with van der Waals surface area (Å²) < 4.78 is 27.5. The van der Waals surface area contributed by atoms with Crippen molar-refractivity contribution in [3.05, 3.63) is 46.8 Å². The molecule has 0 fully saturated rings. The van der Waals surface area contributed by atoms with Crippen LogP contribution in [0.15, 0.2) is 39.9 Å². The van der Waals surface area contributed by atoms with Gasteiger partial charge in [-0.3, -0.25) is 4.79 Å². The van der Waals surface area contributed by atoms with E-state index in [1.54, 1.807) is 11.4 Å². The minimum absolute atomic E-state index is 0.190. The molecule has 7 heteroatoms. The quantitative estimate of drug-likeness (QED) is 0.823. The zero-order valence-corrected chi connectivity index (χ0v) is 15.8. The van der Waals surface area contributed by atoms with E-state index in [1.165, 1.54) is 6.07 Å². The molecule has 0 aliphatic heterocycles. The van der Waals surface area contributed by atoms with E-state index in [2.05, 4.69) is 10.0 Å². The van der Waals surface area contributed by atoms with Crippen molar-refractivity contribution in [2.45, 2.75) is 37.9 Å². The van der Waals surface area contributed by atoms with Crippen molar-refractivity contribution >= 4 is 33.0 Å². The van der Waals surface area contributed by atoms with Crippen LogP contribution in [0, 0.1) is 19.8 Å². The Labute approximate surface area is 147 Å². The minimum Gasteiger partial charge on any atom is -0.324 e. The third kappa shape index (κ3) is 4.23. The van der Waals surface area contributed by atoms with Crippen LogP contribution in [0.2, 0.25) is 0 Å². The standard InChI is InChI=1S/C17H22N2O3S2/c1-11(2)16(19-24(21,22)15-9-6-10-23-15)17(20)18-14-8-5-7-12(3)13(14)4/h5-11,16,19H,1-4H3,(H,18,20)/t16-/m1/s1. The number of hydrogen-bond donors (Lipinski definition) is 2. The van der Waals surface area contributed by atoms with E-state index in [-0.39, 0.29) is 16.0 Å². The molecule has 130 valence electrons. The van der Waals surface area contributed by atoms with Gasteiger partial charge in [0.05, 0.1) is 0 Å². The van der Waals surface area contributed by atoms with Gasteiger partial charge in [-0.1, -0.05) is 32.0 Å². The molecular formula is C17H22N2O3S2. The summed E-state index contributed by atoms with van der Waals surface area (Å²) in [6.45, 7) is 7.50. The van der Waals surface area contributed by atoms with E-state index in [0.29, 0.717) is 5.69 Å². The Morgan fingerprint density at radius 3 is 2.42 bits per heavy atom. The highest BCUT2D eigenvalue weighted by Crippen LogP contribution is 2.20. The van der Waals surface area contributed by atoms with Gasteiger partial charge in [-0.2, -0.15) is 4.72 Å². The zero-order valence-electron chi connectivity index (χ0n) is 14.2. The van der Waals surface area contributed by atoms with Gasteiger partial charge in [-0.25, -0.2) is 8.42 Å². The smallest absolute Gasteiger partial charge is 0.250 e. The average Bonchev–Trinajstić information content (AvgIpc) is 3.04. The fourth-order valence-electron chi connectivity index (χ4n) is 2.23. The number of aryl methyl sites for hydroxylation is 1. The summed E-state index contributed by atoms with van der Waals surface area (Å²) in [6, 6.07) is 7.97. The van der Waals surface area contributed by atoms with Gasteiger partial charge in [0, 0.05) is 5.69 Å². The third-order valence-electron chi connectivity index (χ3n) is 3.85. The summed E-state index contributed by atoms with van der Waals surface area (Å²) in [5.41, 5.74) is 2.73. The van der Waals surface area contributed by atoms with Gasteiger partial charge in [0.25, 0.3) is 10.0 Å². The highest BCUT2D eigenvalue weighted by atomic mass is 32.2. The SMILES string of the molecule is Cc1cccc(NC(=O)[C@H](NS(=O)(=O)c2cccs2)C(C)C)c1C. The number of sulfonamides is 1. The molecule has 0 saturated carbocycles. The molecule has 5 nitrogen and oxygen atoms in total. The maximum absolute atomic E-state index is 12.6. The summed E-state index contributed by atoms with van der Waals surface area (Å²) in [5, 5.41) is 4.53. The molecule has 2 N–H and O–H groups in total. The molecule has 0 radical (unpaired) electrons. The highest BCUT2D eigenvalue weighted by molar-refractivity contribution is 7.91. The second-order valence-corrected chi connectivity index (χ2v) is 8.90. The monoisotopic (exact) mass is 366 g/mol. The molecular weight excluding hydrogens is 344 g/mol.